The predicted molar refractivity (Wildman–Crippen MR) is 87.6 cm³/mol. The number of carbonyl (C=O) groups excluding carboxylic acids is 1. The number of hydrogen-bond donors (Lipinski definition) is 1. The molecule has 1 saturated carbocycles. The third kappa shape index (κ3) is 2.34. The van der Waals surface area contributed by atoms with Crippen molar-refractivity contribution in [2.75, 3.05) is 11.6 Å². The standard InChI is InChI=1S/C14H16BrN3O3S/c1-22(20,21)14(6-2-3-7-14)13(19)17-11-9-16-12-10(15)5-4-8-18(11)12/h4-5,8-9H,2-3,6-7H2,1H3,(H,17,19). The van der Waals surface area contributed by atoms with E-state index in [-0.39, 0.29) is 0 Å². The highest BCUT2D eigenvalue weighted by atomic mass is 79.9. The number of amides is 1. The summed E-state index contributed by atoms with van der Waals surface area (Å²) in [7, 11) is -3.48. The van der Waals surface area contributed by atoms with E-state index in [0.717, 1.165) is 23.6 Å². The van der Waals surface area contributed by atoms with E-state index >= 15 is 0 Å². The van der Waals surface area contributed by atoms with Crippen molar-refractivity contribution in [1.82, 2.24) is 9.38 Å². The molecule has 1 fully saturated rings. The van der Waals surface area contributed by atoms with Crippen LogP contribution in [0.5, 0.6) is 0 Å². The number of fused-ring (bicyclic) bond motifs is 1. The monoisotopic (exact) mass is 385 g/mol. The van der Waals surface area contributed by atoms with Crippen LogP contribution in [-0.2, 0) is 14.6 Å². The van der Waals surface area contributed by atoms with Gasteiger partial charge in [0.15, 0.2) is 20.2 Å². The summed E-state index contributed by atoms with van der Waals surface area (Å²) in [5, 5.41) is 2.74. The van der Waals surface area contributed by atoms with Gasteiger partial charge in [-0.15, -0.1) is 0 Å². The molecule has 118 valence electrons. The fraction of sp³-hybridized carbons (Fsp3) is 0.429. The van der Waals surface area contributed by atoms with Gasteiger partial charge in [0.25, 0.3) is 0 Å². The van der Waals surface area contributed by atoms with Crippen molar-refractivity contribution in [1.29, 1.82) is 0 Å². The van der Waals surface area contributed by atoms with Crippen LogP contribution in [0.15, 0.2) is 29.0 Å². The van der Waals surface area contributed by atoms with Gasteiger partial charge in [-0.1, -0.05) is 12.8 Å². The Morgan fingerprint density at radius 3 is 2.73 bits per heavy atom. The van der Waals surface area contributed by atoms with Gasteiger partial charge in [0, 0.05) is 12.5 Å². The second-order valence-electron chi connectivity index (χ2n) is 5.62. The molecular formula is C14H16BrN3O3S. The fourth-order valence-corrected chi connectivity index (χ4v) is 4.88. The van der Waals surface area contributed by atoms with Crippen molar-refractivity contribution in [3.8, 4) is 0 Å². The quantitative estimate of drug-likeness (QED) is 0.879. The van der Waals surface area contributed by atoms with Crippen LogP contribution in [0, 0.1) is 0 Å². The van der Waals surface area contributed by atoms with Crippen molar-refractivity contribution in [2.24, 2.45) is 0 Å². The van der Waals surface area contributed by atoms with E-state index in [9.17, 15) is 13.2 Å². The topological polar surface area (TPSA) is 80.5 Å². The summed E-state index contributed by atoms with van der Waals surface area (Å²) in [5.74, 6) is 0.00509. The third-order valence-corrected chi connectivity index (χ3v) is 6.90. The Bertz CT molecular complexity index is 838. The van der Waals surface area contributed by atoms with Crippen molar-refractivity contribution < 1.29 is 13.2 Å². The number of halogens is 1. The molecule has 6 nitrogen and oxygen atoms in total. The minimum Gasteiger partial charge on any atom is -0.309 e. The highest BCUT2D eigenvalue weighted by molar-refractivity contribution is 9.10. The van der Waals surface area contributed by atoms with Gasteiger partial charge >= 0.3 is 0 Å². The van der Waals surface area contributed by atoms with Crippen LogP contribution in [0.2, 0.25) is 0 Å². The van der Waals surface area contributed by atoms with Gasteiger partial charge in [-0.25, -0.2) is 13.4 Å². The Kier molecular flexibility index (Phi) is 3.76. The maximum atomic E-state index is 12.7. The lowest BCUT2D eigenvalue weighted by Crippen LogP contribution is -2.47. The summed E-state index contributed by atoms with van der Waals surface area (Å²) in [6.07, 6.45) is 6.69. The number of anilines is 1. The zero-order valence-electron chi connectivity index (χ0n) is 12.0. The first kappa shape index (κ1) is 15.5. The van der Waals surface area contributed by atoms with Gasteiger partial charge in [-0.2, -0.15) is 0 Å². The van der Waals surface area contributed by atoms with E-state index in [1.165, 1.54) is 6.20 Å². The lowest BCUT2D eigenvalue weighted by atomic mass is 10.1. The van der Waals surface area contributed by atoms with Crippen LogP contribution in [0.3, 0.4) is 0 Å². The molecule has 0 aliphatic heterocycles. The SMILES string of the molecule is CS(=O)(=O)C1(C(=O)Nc2cnc3c(Br)cccn23)CCCC1. The number of carbonyl (C=O) groups is 1. The van der Waals surface area contributed by atoms with Gasteiger partial charge in [-0.3, -0.25) is 9.20 Å². The number of aromatic nitrogens is 2. The van der Waals surface area contributed by atoms with E-state index in [1.807, 2.05) is 12.1 Å². The van der Waals surface area contributed by atoms with Crippen LogP contribution < -0.4 is 5.32 Å². The molecule has 3 rings (SSSR count). The zero-order valence-corrected chi connectivity index (χ0v) is 14.4. The second kappa shape index (κ2) is 5.34. The van der Waals surface area contributed by atoms with Crippen LogP contribution in [-0.4, -0.2) is 34.7 Å². The Hall–Kier alpha value is -1.41. The Balaban J connectivity index is 1.98. The molecule has 0 aromatic carbocycles. The minimum absolute atomic E-state index is 0.373. The van der Waals surface area contributed by atoms with Gasteiger partial charge < -0.3 is 5.32 Å². The van der Waals surface area contributed by atoms with Gasteiger partial charge in [-0.05, 0) is 40.9 Å². The largest absolute Gasteiger partial charge is 0.309 e. The fourth-order valence-electron chi connectivity index (χ4n) is 3.01. The third-order valence-electron chi connectivity index (χ3n) is 4.26. The van der Waals surface area contributed by atoms with Crippen molar-refractivity contribution in [3.05, 3.63) is 29.0 Å². The number of nitrogens with one attached hydrogen (secondary N) is 1. The average Bonchev–Trinajstić information content (AvgIpc) is 3.06. The van der Waals surface area contributed by atoms with E-state index in [0.29, 0.717) is 24.3 Å². The molecule has 0 atom stereocenters. The molecule has 1 aliphatic carbocycles. The van der Waals surface area contributed by atoms with Crippen molar-refractivity contribution in [2.45, 2.75) is 30.4 Å². The zero-order chi connectivity index (χ0) is 16.0. The maximum Gasteiger partial charge on any atom is 0.246 e. The van der Waals surface area contributed by atoms with Crippen molar-refractivity contribution in [3.63, 3.8) is 0 Å². The first-order valence-corrected chi connectivity index (χ1v) is 9.66. The number of rotatable bonds is 3. The highest BCUT2D eigenvalue weighted by Gasteiger charge is 2.50. The first-order valence-electron chi connectivity index (χ1n) is 6.98. The molecule has 1 N–H and O–H groups in total. The molecule has 0 radical (unpaired) electrons. The van der Waals surface area contributed by atoms with Crippen LogP contribution >= 0.6 is 15.9 Å². The molecule has 0 bridgehead atoms. The minimum atomic E-state index is -3.48. The first-order chi connectivity index (χ1) is 10.3. The summed E-state index contributed by atoms with van der Waals surface area (Å²) in [6.45, 7) is 0. The lowest BCUT2D eigenvalue weighted by molar-refractivity contribution is -0.118. The number of sulfone groups is 1. The lowest BCUT2D eigenvalue weighted by Gasteiger charge is -2.25. The average molecular weight is 386 g/mol. The smallest absolute Gasteiger partial charge is 0.246 e. The summed E-state index contributed by atoms with van der Waals surface area (Å²) in [4.78, 5) is 16.9. The molecule has 0 spiro atoms. The van der Waals surface area contributed by atoms with Gasteiger partial charge in [0.05, 0.1) is 10.7 Å². The number of hydrogen-bond acceptors (Lipinski definition) is 4. The molecular weight excluding hydrogens is 370 g/mol. The second-order valence-corrected chi connectivity index (χ2v) is 8.80. The maximum absolute atomic E-state index is 12.7. The molecule has 2 aromatic rings. The molecule has 22 heavy (non-hydrogen) atoms. The highest BCUT2D eigenvalue weighted by Crippen LogP contribution is 2.37. The van der Waals surface area contributed by atoms with Crippen LogP contribution in [0.4, 0.5) is 5.82 Å². The molecule has 8 heteroatoms. The molecule has 0 saturated heterocycles. The van der Waals surface area contributed by atoms with E-state index in [4.69, 9.17) is 0 Å². The predicted octanol–water partition coefficient (Wildman–Crippen LogP) is 2.39. The van der Waals surface area contributed by atoms with Crippen LogP contribution in [0.1, 0.15) is 25.7 Å². The Morgan fingerprint density at radius 1 is 1.41 bits per heavy atom. The Morgan fingerprint density at radius 2 is 2.09 bits per heavy atom. The molecule has 2 heterocycles. The van der Waals surface area contributed by atoms with Crippen LogP contribution in [0.25, 0.3) is 5.65 Å². The van der Waals surface area contributed by atoms with Gasteiger partial charge in [0.2, 0.25) is 5.91 Å². The Labute approximate surface area is 137 Å². The molecule has 1 amide bonds. The molecule has 0 unspecified atom stereocenters. The number of nitrogens with zero attached hydrogens (tertiary/aromatic N) is 2. The normalized spacial score (nSPS) is 17.7. The number of imidazole rings is 1. The number of pyridine rings is 1. The van der Waals surface area contributed by atoms with Crippen molar-refractivity contribution >= 4 is 43.1 Å². The summed E-state index contributed by atoms with van der Waals surface area (Å²) < 4.78 is 25.5. The summed E-state index contributed by atoms with van der Waals surface area (Å²) in [5.41, 5.74) is 0.664. The van der Waals surface area contributed by atoms with E-state index in [2.05, 4.69) is 26.2 Å². The van der Waals surface area contributed by atoms with Gasteiger partial charge in [0.1, 0.15) is 5.82 Å². The van der Waals surface area contributed by atoms with E-state index < -0.39 is 20.5 Å². The molecule has 2 aromatic heterocycles. The van der Waals surface area contributed by atoms with E-state index in [1.54, 1.807) is 10.6 Å². The summed E-state index contributed by atoms with van der Waals surface area (Å²) in [6, 6.07) is 3.67. The summed E-state index contributed by atoms with van der Waals surface area (Å²) >= 11 is 3.39. The molecule has 1 aliphatic rings.